The van der Waals surface area contributed by atoms with Crippen molar-refractivity contribution in [3.05, 3.63) is 48.3 Å². The molecular weight excluding hydrogens is 406 g/mol. The van der Waals surface area contributed by atoms with Crippen LogP contribution in [0.4, 0.5) is 17.2 Å². The molecule has 2 aliphatic rings. The Kier molecular flexibility index (Phi) is 5.87. The van der Waals surface area contributed by atoms with Gasteiger partial charge in [-0.15, -0.1) is 0 Å². The van der Waals surface area contributed by atoms with Crippen molar-refractivity contribution in [2.45, 2.75) is 13.3 Å². The van der Waals surface area contributed by atoms with Crippen LogP contribution in [0.25, 0.3) is 10.9 Å². The second-order valence-electron chi connectivity index (χ2n) is 8.19. The van der Waals surface area contributed by atoms with E-state index < -0.39 is 0 Å². The fourth-order valence-corrected chi connectivity index (χ4v) is 4.15. The second-order valence-corrected chi connectivity index (χ2v) is 8.19. The first-order valence-electron chi connectivity index (χ1n) is 11.0. The number of aromatic nitrogens is 2. The molecule has 0 bridgehead atoms. The summed E-state index contributed by atoms with van der Waals surface area (Å²) in [6.07, 6.45) is 2.43. The smallest absolute Gasteiger partial charge is 0.265 e. The Morgan fingerprint density at radius 2 is 1.88 bits per heavy atom. The Hall–Kier alpha value is -3.23. The van der Waals surface area contributed by atoms with Gasteiger partial charge < -0.3 is 19.7 Å². The summed E-state index contributed by atoms with van der Waals surface area (Å²) in [6, 6.07) is 12.0. The molecule has 1 fully saturated rings. The zero-order valence-corrected chi connectivity index (χ0v) is 18.2. The van der Waals surface area contributed by atoms with E-state index in [1.54, 1.807) is 6.33 Å². The molecule has 166 valence electrons. The molecule has 0 atom stereocenters. The second kappa shape index (κ2) is 9.10. The molecule has 8 nitrogen and oxygen atoms in total. The Morgan fingerprint density at radius 3 is 2.69 bits per heavy atom. The minimum atomic E-state index is -0.0243. The van der Waals surface area contributed by atoms with Gasteiger partial charge in [0.05, 0.1) is 24.4 Å². The van der Waals surface area contributed by atoms with Crippen molar-refractivity contribution in [2.24, 2.45) is 0 Å². The molecule has 1 saturated heterocycles. The lowest BCUT2D eigenvalue weighted by atomic mass is 10.1. The molecule has 0 aliphatic carbocycles. The van der Waals surface area contributed by atoms with Crippen molar-refractivity contribution in [1.82, 2.24) is 14.9 Å². The lowest BCUT2D eigenvalue weighted by Crippen LogP contribution is -2.42. The third kappa shape index (κ3) is 4.37. The maximum absolute atomic E-state index is 12.7. The van der Waals surface area contributed by atoms with Crippen LogP contribution < -0.4 is 15.0 Å². The van der Waals surface area contributed by atoms with E-state index in [0.717, 1.165) is 61.5 Å². The first-order chi connectivity index (χ1) is 15.7. The van der Waals surface area contributed by atoms with Crippen molar-refractivity contribution < 1.29 is 14.3 Å². The van der Waals surface area contributed by atoms with Gasteiger partial charge in [-0.25, -0.2) is 9.97 Å². The number of fused-ring (bicyclic) bond motifs is 2. The Morgan fingerprint density at radius 1 is 1.06 bits per heavy atom. The molecule has 1 amide bonds. The summed E-state index contributed by atoms with van der Waals surface area (Å²) in [5, 5.41) is 4.23. The molecule has 0 radical (unpaired) electrons. The molecule has 1 N–H and O–H groups in total. The maximum atomic E-state index is 12.7. The Labute approximate surface area is 187 Å². The number of hydrogen-bond donors (Lipinski definition) is 1. The van der Waals surface area contributed by atoms with E-state index in [1.165, 1.54) is 5.56 Å². The van der Waals surface area contributed by atoms with E-state index in [9.17, 15) is 4.79 Å². The zero-order chi connectivity index (χ0) is 21.9. The van der Waals surface area contributed by atoms with Crippen LogP contribution in [0.15, 0.2) is 42.7 Å². The maximum Gasteiger partial charge on any atom is 0.265 e. The van der Waals surface area contributed by atoms with Crippen LogP contribution in [0.1, 0.15) is 12.0 Å². The largest absolute Gasteiger partial charge is 0.481 e. The standard InChI is InChI=1S/C24H27N5O3/c1-17-3-5-18(6-4-17)27-24-19-13-21-22(14-20(19)25-16-26-24)32-15-23(30)29(21)8-2-7-28-9-11-31-12-10-28/h3-6,13-14,16H,2,7-12,15H2,1H3,(H,25,26,27). The molecule has 3 heterocycles. The van der Waals surface area contributed by atoms with Gasteiger partial charge in [0.25, 0.3) is 5.91 Å². The summed E-state index contributed by atoms with van der Waals surface area (Å²) in [6.45, 7) is 7.15. The number of morpholine rings is 1. The van der Waals surface area contributed by atoms with E-state index in [1.807, 2.05) is 29.2 Å². The number of amides is 1. The summed E-state index contributed by atoms with van der Waals surface area (Å²) in [4.78, 5) is 25.8. The third-order valence-corrected chi connectivity index (χ3v) is 5.93. The van der Waals surface area contributed by atoms with Crippen LogP contribution in [0, 0.1) is 6.92 Å². The van der Waals surface area contributed by atoms with E-state index in [0.29, 0.717) is 18.1 Å². The predicted octanol–water partition coefficient (Wildman–Crippen LogP) is 3.13. The number of nitrogens with one attached hydrogen (secondary N) is 1. The van der Waals surface area contributed by atoms with Crippen LogP contribution in [0.5, 0.6) is 5.75 Å². The molecule has 2 aliphatic heterocycles. The number of rotatable bonds is 6. The first-order valence-corrected chi connectivity index (χ1v) is 11.0. The highest BCUT2D eigenvalue weighted by molar-refractivity contribution is 6.03. The molecule has 3 aromatic rings. The SMILES string of the molecule is Cc1ccc(Nc2ncnc3cc4c(cc23)N(CCCN2CCOCC2)C(=O)CO4)cc1. The lowest BCUT2D eigenvalue weighted by molar-refractivity contribution is -0.121. The number of ether oxygens (including phenoxy) is 2. The van der Waals surface area contributed by atoms with Crippen LogP contribution >= 0.6 is 0 Å². The first kappa shape index (κ1) is 20.7. The van der Waals surface area contributed by atoms with Crippen molar-refractivity contribution in [2.75, 3.05) is 56.2 Å². The molecule has 32 heavy (non-hydrogen) atoms. The zero-order valence-electron chi connectivity index (χ0n) is 18.2. The number of benzene rings is 2. The lowest BCUT2D eigenvalue weighted by Gasteiger charge is -2.31. The minimum absolute atomic E-state index is 0.0243. The Balaban J connectivity index is 1.41. The number of anilines is 3. The highest BCUT2D eigenvalue weighted by atomic mass is 16.5. The number of nitrogens with zero attached hydrogens (tertiary/aromatic N) is 4. The van der Waals surface area contributed by atoms with Crippen LogP contribution in [-0.2, 0) is 9.53 Å². The monoisotopic (exact) mass is 433 g/mol. The average Bonchev–Trinajstić information content (AvgIpc) is 2.82. The van der Waals surface area contributed by atoms with Crippen molar-refractivity contribution in [3.63, 3.8) is 0 Å². The van der Waals surface area contributed by atoms with Gasteiger partial charge in [-0.1, -0.05) is 17.7 Å². The van der Waals surface area contributed by atoms with E-state index in [-0.39, 0.29) is 12.5 Å². The molecule has 5 rings (SSSR count). The van der Waals surface area contributed by atoms with Gasteiger partial charge in [-0.3, -0.25) is 9.69 Å². The summed E-state index contributed by atoms with van der Waals surface area (Å²) in [5.74, 6) is 1.36. The third-order valence-electron chi connectivity index (χ3n) is 5.93. The van der Waals surface area contributed by atoms with Gasteiger partial charge in [0.15, 0.2) is 6.61 Å². The average molecular weight is 434 g/mol. The van der Waals surface area contributed by atoms with Gasteiger partial charge in [0.2, 0.25) is 0 Å². The van der Waals surface area contributed by atoms with Gasteiger partial charge in [0, 0.05) is 43.3 Å². The summed E-state index contributed by atoms with van der Waals surface area (Å²) < 4.78 is 11.2. The molecule has 8 heteroatoms. The van der Waals surface area contributed by atoms with E-state index >= 15 is 0 Å². The van der Waals surface area contributed by atoms with Crippen molar-refractivity contribution in [3.8, 4) is 5.75 Å². The fourth-order valence-electron chi connectivity index (χ4n) is 4.15. The van der Waals surface area contributed by atoms with Gasteiger partial charge in [-0.2, -0.15) is 0 Å². The molecular formula is C24H27N5O3. The summed E-state index contributed by atoms with van der Waals surface area (Å²) >= 11 is 0. The number of carbonyl (C=O) groups excluding carboxylic acids is 1. The van der Waals surface area contributed by atoms with E-state index in [4.69, 9.17) is 9.47 Å². The highest BCUT2D eigenvalue weighted by Crippen LogP contribution is 2.37. The fraction of sp³-hybridized carbons (Fsp3) is 0.375. The molecule has 0 spiro atoms. The number of hydrogen-bond acceptors (Lipinski definition) is 7. The Bertz CT molecular complexity index is 1110. The van der Waals surface area contributed by atoms with Crippen LogP contribution in [0.2, 0.25) is 0 Å². The molecule has 0 unspecified atom stereocenters. The van der Waals surface area contributed by atoms with Crippen molar-refractivity contribution >= 4 is 34.0 Å². The highest BCUT2D eigenvalue weighted by Gasteiger charge is 2.27. The summed E-state index contributed by atoms with van der Waals surface area (Å²) in [7, 11) is 0. The van der Waals surface area contributed by atoms with Gasteiger partial charge >= 0.3 is 0 Å². The van der Waals surface area contributed by atoms with Crippen molar-refractivity contribution in [1.29, 1.82) is 0 Å². The quantitative estimate of drug-likeness (QED) is 0.640. The minimum Gasteiger partial charge on any atom is -0.481 e. The normalized spacial score (nSPS) is 16.7. The number of carbonyl (C=O) groups is 1. The predicted molar refractivity (Wildman–Crippen MR) is 124 cm³/mol. The number of aryl methyl sites for hydroxylation is 1. The van der Waals surface area contributed by atoms with Gasteiger partial charge in [-0.05, 0) is 31.5 Å². The van der Waals surface area contributed by atoms with Crippen LogP contribution in [-0.4, -0.2) is 66.8 Å². The molecule has 0 saturated carbocycles. The topological polar surface area (TPSA) is 79.8 Å². The van der Waals surface area contributed by atoms with Gasteiger partial charge in [0.1, 0.15) is 17.9 Å². The molecule has 1 aromatic heterocycles. The van der Waals surface area contributed by atoms with E-state index in [2.05, 4.69) is 39.2 Å². The molecule has 2 aromatic carbocycles. The summed E-state index contributed by atoms with van der Waals surface area (Å²) in [5.41, 5.74) is 3.69. The van der Waals surface area contributed by atoms with Crippen LogP contribution in [0.3, 0.4) is 0 Å².